The van der Waals surface area contributed by atoms with Gasteiger partial charge in [0.15, 0.2) is 5.78 Å². The maximum Gasteiger partial charge on any atom is 0.163 e. The van der Waals surface area contributed by atoms with Crippen LogP contribution in [0.25, 0.3) is 10.8 Å². The first-order valence-electron chi connectivity index (χ1n) is 7.27. The number of fused-ring (bicyclic) bond motifs is 1. The summed E-state index contributed by atoms with van der Waals surface area (Å²) in [5.41, 5.74) is 2.02. The number of hydrogen-bond acceptors (Lipinski definition) is 1. The van der Waals surface area contributed by atoms with E-state index in [2.05, 4.69) is 18.2 Å². The van der Waals surface area contributed by atoms with Gasteiger partial charge < -0.3 is 0 Å². The largest absolute Gasteiger partial charge is 0.294 e. The summed E-state index contributed by atoms with van der Waals surface area (Å²) in [6, 6.07) is 24.2. The molecule has 0 unspecified atom stereocenters. The number of carbonyl (C=O) groups excluding carboxylic acids is 1. The van der Waals surface area contributed by atoms with Gasteiger partial charge in [0.2, 0.25) is 0 Å². The Labute approximate surface area is 130 Å². The van der Waals surface area contributed by atoms with Gasteiger partial charge >= 0.3 is 0 Å². The maximum absolute atomic E-state index is 12.3. The Balaban J connectivity index is 0.000000847. The highest BCUT2D eigenvalue weighted by molar-refractivity contribution is 6.00. The summed E-state index contributed by atoms with van der Waals surface area (Å²) in [5.74, 6) is 0.208. The molecule has 0 bridgehead atoms. The second kappa shape index (κ2) is 8.08. The van der Waals surface area contributed by atoms with E-state index >= 15 is 0 Å². The molecule has 0 heterocycles. The van der Waals surface area contributed by atoms with E-state index in [0.29, 0.717) is 13.6 Å². The van der Waals surface area contributed by atoms with Gasteiger partial charge in [-0.2, -0.15) is 0 Å². The van der Waals surface area contributed by atoms with Crippen molar-refractivity contribution in [2.75, 3.05) is 7.18 Å². The van der Waals surface area contributed by atoms with Crippen LogP contribution in [0.15, 0.2) is 72.8 Å². The standard InChI is InChI=1S/C19H16O.CH3F/c20-19(13-10-15-6-2-1-3-7-15)18-12-11-16-8-4-5-9-17(16)14-18;1-2/h1-9,11-12,14H,10,13H2;1H3. The van der Waals surface area contributed by atoms with Crippen LogP contribution in [0.1, 0.15) is 22.3 Å². The molecule has 22 heavy (non-hydrogen) atoms. The van der Waals surface area contributed by atoms with Crippen molar-refractivity contribution >= 4 is 16.6 Å². The predicted octanol–water partition coefficient (Wildman–Crippen LogP) is 5.24. The van der Waals surface area contributed by atoms with Crippen molar-refractivity contribution in [3.05, 3.63) is 83.9 Å². The van der Waals surface area contributed by atoms with E-state index in [1.807, 2.05) is 54.6 Å². The van der Waals surface area contributed by atoms with Gasteiger partial charge in [0.25, 0.3) is 0 Å². The molecule has 0 radical (unpaired) electrons. The molecule has 0 atom stereocenters. The van der Waals surface area contributed by atoms with Crippen LogP contribution in [0.3, 0.4) is 0 Å². The number of alkyl halides is 1. The number of hydrogen-bond donors (Lipinski definition) is 0. The Morgan fingerprint density at radius 3 is 2.18 bits per heavy atom. The molecular weight excluding hydrogens is 275 g/mol. The van der Waals surface area contributed by atoms with E-state index in [0.717, 1.165) is 17.4 Å². The number of Topliss-reactive ketones (excluding diaryl/α,β-unsaturated/α-hetero) is 1. The lowest BCUT2D eigenvalue weighted by Crippen LogP contribution is -2.01. The van der Waals surface area contributed by atoms with Crippen LogP contribution in [0.2, 0.25) is 0 Å². The summed E-state index contributed by atoms with van der Waals surface area (Å²) < 4.78 is 9.50. The lowest BCUT2D eigenvalue weighted by Gasteiger charge is -2.04. The molecule has 1 nitrogen and oxygen atoms in total. The van der Waals surface area contributed by atoms with Gasteiger partial charge in [-0.3, -0.25) is 9.18 Å². The van der Waals surface area contributed by atoms with Gasteiger partial charge in [-0.05, 0) is 28.8 Å². The first-order chi connectivity index (χ1) is 10.8. The van der Waals surface area contributed by atoms with Crippen molar-refractivity contribution in [1.82, 2.24) is 0 Å². The first kappa shape index (κ1) is 15.9. The molecule has 0 amide bonds. The summed E-state index contributed by atoms with van der Waals surface area (Å²) in [7, 11) is 0.500. The summed E-state index contributed by atoms with van der Waals surface area (Å²) in [6.07, 6.45) is 1.36. The third kappa shape index (κ3) is 4.01. The minimum absolute atomic E-state index is 0.208. The molecule has 0 saturated heterocycles. The van der Waals surface area contributed by atoms with Crippen LogP contribution in [0.4, 0.5) is 4.39 Å². The fourth-order valence-corrected chi connectivity index (χ4v) is 2.41. The zero-order valence-electron chi connectivity index (χ0n) is 12.6. The van der Waals surface area contributed by atoms with E-state index in [4.69, 9.17) is 0 Å². The van der Waals surface area contributed by atoms with Crippen molar-refractivity contribution in [2.24, 2.45) is 0 Å². The SMILES string of the molecule is CF.O=C(CCc1ccccc1)c1ccc2ccccc2c1. The lowest BCUT2D eigenvalue weighted by atomic mass is 10.00. The normalized spacial score (nSPS) is 9.91. The predicted molar refractivity (Wildman–Crippen MR) is 90.1 cm³/mol. The van der Waals surface area contributed by atoms with Crippen LogP contribution in [-0.2, 0) is 6.42 Å². The maximum atomic E-state index is 12.3. The molecule has 112 valence electrons. The molecule has 0 saturated carbocycles. The van der Waals surface area contributed by atoms with E-state index in [1.54, 1.807) is 0 Å². The van der Waals surface area contributed by atoms with Gasteiger partial charge in [-0.25, -0.2) is 0 Å². The lowest BCUT2D eigenvalue weighted by molar-refractivity contribution is 0.0983. The summed E-state index contributed by atoms with van der Waals surface area (Å²) in [5, 5.41) is 2.30. The fourth-order valence-electron chi connectivity index (χ4n) is 2.41. The van der Waals surface area contributed by atoms with Crippen LogP contribution < -0.4 is 0 Å². The van der Waals surface area contributed by atoms with Crippen molar-refractivity contribution in [1.29, 1.82) is 0 Å². The quantitative estimate of drug-likeness (QED) is 0.601. The molecule has 0 fully saturated rings. The number of aryl methyl sites for hydroxylation is 1. The van der Waals surface area contributed by atoms with Crippen molar-refractivity contribution < 1.29 is 9.18 Å². The number of ketones is 1. The highest BCUT2D eigenvalue weighted by atomic mass is 19.1. The van der Waals surface area contributed by atoms with Crippen LogP contribution in [0.5, 0.6) is 0 Å². The zero-order valence-corrected chi connectivity index (χ0v) is 12.6. The van der Waals surface area contributed by atoms with Crippen LogP contribution in [-0.4, -0.2) is 13.0 Å². The van der Waals surface area contributed by atoms with E-state index in [1.165, 1.54) is 10.9 Å². The number of benzene rings is 3. The number of halogens is 1. The van der Waals surface area contributed by atoms with Gasteiger partial charge in [0.05, 0.1) is 7.18 Å². The smallest absolute Gasteiger partial charge is 0.163 e. The molecular formula is C20H19FO. The summed E-state index contributed by atoms with van der Waals surface area (Å²) in [4.78, 5) is 12.3. The third-order valence-corrected chi connectivity index (χ3v) is 3.56. The molecule has 0 aliphatic carbocycles. The van der Waals surface area contributed by atoms with E-state index < -0.39 is 0 Å². The monoisotopic (exact) mass is 294 g/mol. The Bertz CT molecular complexity index is 735. The summed E-state index contributed by atoms with van der Waals surface area (Å²) >= 11 is 0. The van der Waals surface area contributed by atoms with Crippen LogP contribution >= 0.6 is 0 Å². The van der Waals surface area contributed by atoms with Crippen molar-refractivity contribution in [2.45, 2.75) is 12.8 Å². The molecule has 0 aromatic heterocycles. The minimum atomic E-state index is 0.208. The Morgan fingerprint density at radius 1 is 0.818 bits per heavy atom. The molecule has 0 N–H and O–H groups in total. The van der Waals surface area contributed by atoms with Crippen LogP contribution in [0, 0.1) is 0 Å². The Hall–Kier alpha value is -2.48. The second-order valence-electron chi connectivity index (χ2n) is 4.97. The molecule has 0 spiro atoms. The van der Waals surface area contributed by atoms with Gasteiger partial charge in [-0.15, -0.1) is 0 Å². The Morgan fingerprint density at radius 2 is 1.45 bits per heavy atom. The van der Waals surface area contributed by atoms with E-state index in [-0.39, 0.29) is 5.78 Å². The fraction of sp³-hybridized carbons (Fsp3) is 0.150. The van der Waals surface area contributed by atoms with Gasteiger partial charge in [0, 0.05) is 12.0 Å². The first-order valence-corrected chi connectivity index (χ1v) is 7.27. The molecule has 0 aliphatic rings. The van der Waals surface area contributed by atoms with E-state index in [9.17, 15) is 9.18 Å². The summed E-state index contributed by atoms with van der Waals surface area (Å²) in [6.45, 7) is 0. The van der Waals surface area contributed by atoms with Gasteiger partial charge in [-0.1, -0.05) is 66.7 Å². The molecule has 3 aromatic rings. The minimum Gasteiger partial charge on any atom is -0.294 e. The average Bonchev–Trinajstić information content (AvgIpc) is 2.62. The van der Waals surface area contributed by atoms with Crippen molar-refractivity contribution in [3.8, 4) is 0 Å². The molecule has 2 heteroatoms. The van der Waals surface area contributed by atoms with Gasteiger partial charge in [0.1, 0.15) is 0 Å². The van der Waals surface area contributed by atoms with Crippen molar-refractivity contribution in [3.63, 3.8) is 0 Å². The third-order valence-electron chi connectivity index (χ3n) is 3.56. The highest BCUT2D eigenvalue weighted by Crippen LogP contribution is 2.17. The molecule has 0 aliphatic heterocycles. The number of carbonyl (C=O) groups is 1. The molecule has 3 rings (SSSR count). The Kier molecular flexibility index (Phi) is 5.84. The second-order valence-corrected chi connectivity index (χ2v) is 4.97. The average molecular weight is 294 g/mol. The zero-order chi connectivity index (χ0) is 15.8. The topological polar surface area (TPSA) is 17.1 Å². The number of rotatable bonds is 4. The molecule has 3 aromatic carbocycles. The highest BCUT2D eigenvalue weighted by Gasteiger charge is 2.06.